The molecule has 0 atom stereocenters. The fourth-order valence-electron chi connectivity index (χ4n) is 3.07. The summed E-state index contributed by atoms with van der Waals surface area (Å²) in [6, 6.07) is 9.86. The lowest BCUT2D eigenvalue weighted by Gasteiger charge is -2.35. The molecule has 1 saturated heterocycles. The molecule has 8 heteroatoms. The first-order valence-corrected chi connectivity index (χ1v) is 9.01. The predicted molar refractivity (Wildman–Crippen MR) is 101 cm³/mol. The van der Waals surface area contributed by atoms with Crippen LogP contribution in [0.3, 0.4) is 0 Å². The quantitative estimate of drug-likeness (QED) is 0.845. The Morgan fingerprint density at radius 1 is 1.04 bits per heavy atom. The van der Waals surface area contributed by atoms with Gasteiger partial charge in [0.15, 0.2) is 0 Å². The van der Waals surface area contributed by atoms with Gasteiger partial charge in [-0.05, 0) is 31.2 Å². The van der Waals surface area contributed by atoms with Gasteiger partial charge in [0, 0.05) is 37.9 Å². The van der Waals surface area contributed by atoms with Crippen molar-refractivity contribution in [3.63, 3.8) is 0 Å². The summed E-state index contributed by atoms with van der Waals surface area (Å²) < 4.78 is 5.53. The third kappa shape index (κ3) is 4.11. The lowest BCUT2D eigenvalue weighted by atomic mass is 10.1. The van der Waals surface area contributed by atoms with Crippen LogP contribution in [0.1, 0.15) is 38.1 Å². The lowest BCUT2D eigenvalue weighted by molar-refractivity contribution is 0.0532. The Morgan fingerprint density at radius 2 is 1.68 bits per heavy atom. The van der Waals surface area contributed by atoms with E-state index in [0.717, 1.165) is 0 Å². The second-order valence-electron chi connectivity index (χ2n) is 6.25. The van der Waals surface area contributed by atoms with Gasteiger partial charge in [-0.25, -0.2) is 9.78 Å². The van der Waals surface area contributed by atoms with Crippen molar-refractivity contribution >= 4 is 17.8 Å². The van der Waals surface area contributed by atoms with Crippen molar-refractivity contribution in [2.24, 2.45) is 0 Å². The Morgan fingerprint density at radius 3 is 2.32 bits per heavy atom. The number of carbonyl (C=O) groups excluding carboxylic acids is 2. The first-order chi connectivity index (χ1) is 13.5. The van der Waals surface area contributed by atoms with E-state index in [0.29, 0.717) is 44.1 Å². The number of benzene rings is 1. The monoisotopic (exact) mass is 383 g/mol. The van der Waals surface area contributed by atoms with Gasteiger partial charge in [0.05, 0.1) is 12.2 Å². The standard InChI is InChI=1S/C20H21N3O5/c1-2-28-17-6-4-3-5-15(17)19(25)23-11-9-22(10-12-23)18(24)14-7-8-21-16(13-14)20(26)27/h3-8,13H,2,9-12H2,1H3,(H,26,27). The number of carboxylic acids is 1. The van der Waals surface area contributed by atoms with Gasteiger partial charge in [-0.3, -0.25) is 9.59 Å². The average molecular weight is 383 g/mol. The molecular weight excluding hydrogens is 362 g/mol. The molecule has 1 fully saturated rings. The van der Waals surface area contributed by atoms with Crippen molar-refractivity contribution in [3.8, 4) is 5.75 Å². The van der Waals surface area contributed by atoms with Gasteiger partial charge in [-0.15, -0.1) is 0 Å². The van der Waals surface area contributed by atoms with Gasteiger partial charge in [0.1, 0.15) is 11.4 Å². The van der Waals surface area contributed by atoms with Crippen LogP contribution in [0, 0.1) is 0 Å². The van der Waals surface area contributed by atoms with Crippen LogP contribution >= 0.6 is 0 Å². The highest BCUT2D eigenvalue weighted by molar-refractivity contribution is 5.98. The number of carbonyl (C=O) groups is 3. The zero-order chi connectivity index (χ0) is 20.1. The molecule has 28 heavy (non-hydrogen) atoms. The maximum Gasteiger partial charge on any atom is 0.354 e. The minimum atomic E-state index is -1.18. The molecule has 2 amide bonds. The van der Waals surface area contributed by atoms with Crippen LogP contribution in [-0.4, -0.2) is 70.5 Å². The number of aromatic nitrogens is 1. The zero-order valence-corrected chi connectivity index (χ0v) is 15.5. The Balaban J connectivity index is 1.66. The van der Waals surface area contributed by atoms with Crippen LogP contribution in [-0.2, 0) is 0 Å². The van der Waals surface area contributed by atoms with Gasteiger partial charge in [0.2, 0.25) is 0 Å². The van der Waals surface area contributed by atoms with Crippen molar-refractivity contribution < 1.29 is 24.2 Å². The molecule has 0 aliphatic carbocycles. The highest BCUT2D eigenvalue weighted by Gasteiger charge is 2.27. The molecule has 1 N–H and O–H groups in total. The molecule has 0 spiro atoms. The maximum absolute atomic E-state index is 12.8. The third-order valence-corrected chi connectivity index (χ3v) is 4.50. The number of carboxylic acid groups (broad SMARTS) is 1. The van der Waals surface area contributed by atoms with Gasteiger partial charge in [-0.2, -0.15) is 0 Å². The molecule has 1 aromatic carbocycles. The van der Waals surface area contributed by atoms with E-state index in [1.807, 2.05) is 13.0 Å². The predicted octanol–water partition coefficient (Wildman–Crippen LogP) is 1.78. The molecule has 3 rings (SSSR count). The second kappa shape index (κ2) is 8.51. The van der Waals surface area contributed by atoms with Crippen molar-refractivity contribution in [2.75, 3.05) is 32.8 Å². The number of nitrogens with zero attached hydrogens (tertiary/aromatic N) is 3. The molecule has 8 nitrogen and oxygen atoms in total. The maximum atomic E-state index is 12.8. The van der Waals surface area contributed by atoms with Gasteiger partial charge in [-0.1, -0.05) is 12.1 Å². The molecule has 1 aliphatic heterocycles. The van der Waals surface area contributed by atoms with Crippen LogP contribution in [0.4, 0.5) is 0 Å². The summed E-state index contributed by atoms with van der Waals surface area (Å²) in [5.41, 5.74) is 0.602. The SMILES string of the molecule is CCOc1ccccc1C(=O)N1CCN(C(=O)c2ccnc(C(=O)O)c2)CC1. The topological polar surface area (TPSA) is 100 Å². The van der Waals surface area contributed by atoms with E-state index in [4.69, 9.17) is 9.84 Å². The molecular formula is C20H21N3O5. The summed E-state index contributed by atoms with van der Waals surface area (Å²) in [7, 11) is 0. The van der Waals surface area contributed by atoms with E-state index >= 15 is 0 Å². The summed E-state index contributed by atoms with van der Waals surface area (Å²) in [5, 5.41) is 9.02. The minimum Gasteiger partial charge on any atom is -0.493 e. The number of ether oxygens (including phenoxy) is 1. The first kappa shape index (κ1) is 19.3. The van der Waals surface area contributed by atoms with E-state index in [9.17, 15) is 14.4 Å². The number of amides is 2. The molecule has 2 heterocycles. The van der Waals surface area contributed by atoms with E-state index in [-0.39, 0.29) is 23.1 Å². The van der Waals surface area contributed by atoms with Crippen LogP contribution in [0.5, 0.6) is 5.75 Å². The molecule has 0 unspecified atom stereocenters. The Kier molecular flexibility index (Phi) is 5.88. The summed E-state index contributed by atoms with van der Waals surface area (Å²) >= 11 is 0. The first-order valence-electron chi connectivity index (χ1n) is 9.01. The summed E-state index contributed by atoms with van der Waals surface area (Å²) in [6.07, 6.45) is 1.31. The van der Waals surface area contributed by atoms with Gasteiger partial charge < -0.3 is 19.6 Å². The fourth-order valence-corrected chi connectivity index (χ4v) is 3.07. The number of pyridine rings is 1. The van der Waals surface area contributed by atoms with Crippen molar-refractivity contribution in [2.45, 2.75) is 6.92 Å². The number of rotatable bonds is 5. The Labute approximate surface area is 162 Å². The number of para-hydroxylation sites is 1. The van der Waals surface area contributed by atoms with E-state index < -0.39 is 5.97 Å². The minimum absolute atomic E-state index is 0.131. The van der Waals surface area contributed by atoms with Crippen LogP contribution in [0.2, 0.25) is 0 Å². The zero-order valence-electron chi connectivity index (χ0n) is 15.5. The van der Waals surface area contributed by atoms with Crippen LogP contribution in [0.25, 0.3) is 0 Å². The van der Waals surface area contributed by atoms with Crippen molar-refractivity contribution in [1.29, 1.82) is 0 Å². The molecule has 0 bridgehead atoms. The van der Waals surface area contributed by atoms with Crippen LogP contribution in [0.15, 0.2) is 42.6 Å². The molecule has 146 valence electrons. The van der Waals surface area contributed by atoms with Crippen molar-refractivity contribution in [1.82, 2.24) is 14.8 Å². The van der Waals surface area contributed by atoms with Gasteiger partial charge in [0.25, 0.3) is 11.8 Å². The van der Waals surface area contributed by atoms with E-state index in [1.54, 1.807) is 28.0 Å². The Bertz CT molecular complexity index is 891. The lowest BCUT2D eigenvalue weighted by Crippen LogP contribution is -2.50. The van der Waals surface area contributed by atoms with E-state index in [1.165, 1.54) is 18.3 Å². The number of hydrogen-bond donors (Lipinski definition) is 1. The summed E-state index contributed by atoms with van der Waals surface area (Å²) in [5.74, 6) is -1.04. The average Bonchev–Trinajstić information content (AvgIpc) is 2.73. The van der Waals surface area contributed by atoms with Gasteiger partial charge >= 0.3 is 5.97 Å². The highest BCUT2D eigenvalue weighted by Crippen LogP contribution is 2.21. The fraction of sp³-hybridized carbons (Fsp3) is 0.300. The Hall–Kier alpha value is -3.42. The molecule has 1 aromatic heterocycles. The molecule has 1 aliphatic rings. The number of aromatic carboxylic acids is 1. The van der Waals surface area contributed by atoms with Crippen LogP contribution < -0.4 is 4.74 Å². The number of hydrogen-bond acceptors (Lipinski definition) is 5. The molecule has 2 aromatic rings. The highest BCUT2D eigenvalue weighted by atomic mass is 16.5. The largest absolute Gasteiger partial charge is 0.493 e. The normalized spacial score (nSPS) is 13.9. The molecule has 0 saturated carbocycles. The molecule has 0 radical (unpaired) electrons. The van der Waals surface area contributed by atoms with E-state index in [2.05, 4.69) is 4.98 Å². The second-order valence-corrected chi connectivity index (χ2v) is 6.25. The smallest absolute Gasteiger partial charge is 0.354 e. The third-order valence-electron chi connectivity index (χ3n) is 4.50. The summed E-state index contributed by atoms with van der Waals surface area (Å²) in [6.45, 7) is 3.85. The van der Waals surface area contributed by atoms with Crippen molar-refractivity contribution in [3.05, 3.63) is 59.4 Å². The number of piperazine rings is 1. The summed E-state index contributed by atoms with van der Waals surface area (Å²) in [4.78, 5) is 43.5.